The average Bonchev–Trinajstić information content (AvgIpc) is 3.02. The Hall–Kier alpha value is -2.81. The topological polar surface area (TPSA) is 97.6 Å². The molecule has 2 heterocycles. The summed E-state index contributed by atoms with van der Waals surface area (Å²) < 4.78 is 24.2. The van der Waals surface area contributed by atoms with Gasteiger partial charge in [0.15, 0.2) is 5.82 Å². The number of benzene rings is 1. The molecule has 132 valence electrons. The first-order valence-corrected chi connectivity index (χ1v) is 7.74. The Morgan fingerprint density at radius 1 is 1.44 bits per heavy atom. The van der Waals surface area contributed by atoms with Gasteiger partial charge in [-0.15, -0.1) is 0 Å². The van der Waals surface area contributed by atoms with Crippen LogP contribution in [0.1, 0.15) is 23.3 Å². The maximum Gasteiger partial charge on any atom is 0.249 e. The minimum atomic E-state index is -0.915. The molecule has 0 bridgehead atoms. The number of carbonyl (C=O) groups excluding carboxylic acids is 2. The zero-order valence-corrected chi connectivity index (χ0v) is 13.6. The van der Waals surface area contributed by atoms with E-state index in [1.807, 2.05) is 0 Å². The van der Waals surface area contributed by atoms with Crippen LogP contribution in [-0.4, -0.2) is 53.2 Å². The molecule has 2 aromatic rings. The molecule has 8 nitrogen and oxygen atoms in total. The van der Waals surface area contributed by atoms with Gasteiger partial charge in [0.2, 0.25) is 17.7 Å². The lowest BCUT2D eigenvalue weighted by molar-refractivity contribution is -0.145. The van der Waals surface area contributed by atoms with Gasteiger partial charge < -0.3 is 19.5 Å². The first-order valence-electron chi connectivity index (χ1n) is 7.74. The summed E-state index contributed by atoms with van der Waals surface area (Å²) in [6.45, 7) is 2.11. The third-order valence-corrected chi connectivity index (χ3v) is 3.74. The van der Waals surface area contributed by atoms with Gasteiger partial charge in [0.1, 0.15) is 18.5 Å². The summed E-state index contributed by atoms with van der Waals surface area (Å²) in [6, 6.07) is 5.10. The third kappa shape index (κ3) is 4.00. The van der Waals surface area contributed by atoms with Gasteiger partial charge in [-0.2, -0.15) is 4.98 Å². The highest BCUT2D eigenvalue weighted by Gasteiger charge is 2.27. The number of ether oxygens (including phenoxy) is 1. The van der Waals surface area contributed by atoms with E-state index in [9.17, 15) is 14.0 Å². The van der Waals surface area contributed by atoms with Gasteiger partial charge in [0, 0.05) is 19.0 Å². The van der Waals surface area contributed by atoms with Crippen LogP contribution in [0.2, 0.25) is 0 Å². The summed E-state index contributed by atoms with van der Waals surface area (Å²) in [6.07, 6.45) is 0. The number of rotatable bonds is 5. The highest BCUT2D eigenvalue weighted by atomic mass is 19.1. The lowest BCUT2D eigenvalue weighted by Crippen LogP contribution is -2.47. The van der Waals surface area contributed by atoms with E-state index < -0.39 is 17.8 Å². The van der Waals surface area contributed by atoms with E-state index in [-0.39, 0.29) is 30.4 Å². The number of carbonyl (C=O) groups is 2. The molecule has 1 saturated heterocycles. The van der Waals surface area contributed by atoms with Gasteiger partial charge in [-0.25, -0.2) is 4.39 Å². The summed E-state index contributed by atoms with van der Waals surface area (Å²) in [5.41, 5.74) is 0.213. The van der Waals surface area contributed by atoms with Gasteiger partial charge in [-0.1, -0.05) is 23.4 Å². The van der Waals surface area contributed by atoms with E-state index in [1.165, 1.54) is 17.0 Å². The first-order chi connectivity index (χ1) is 12.0. The highest BCUT2D eigenvalue weighted by molar-refractivity contribution is 5.86. The second-order valence-electron chi connectivity index (χ2n) is 5.56. The Kier molecular flexibility index (Phi) is 5.03. The van der Waals surface area contributed by atoms with Crippen molar-refractivity contribution in [1.82, 2.24) is 20.4 Å². The van der Waals surface area contributed by atoms with Gasteiger partial charge in [-0.05, 0) is 6.07 Å². The quantitative estimate of drug-likeness (QED) is 0.849. The van der Waals surface area contributed by atoms with Crippen LogP contribution in [0.15, 0.2) is 28.8 Å². The SMILES string of the molecule is Cc1nc(C(NC(=O)CN2CCOCC2=O)c2ccccc2F)no1. The highest BCUT2D eigenvalue weighted by Crippen LogP contribution is 2.22. The molecule has 1 fully saturated rings. The molecule has 1 aromatic heterocycles. The van der Waals surface area contributed by atoms with E-state index >= 15 is 0 Å². The first kappa shape index (κ1) is 17.0. The van der Waals surface area contributed by atoms with E-state index in [0.29, 0.717) is 19.0 Å². The standard InChI is InChI=1S/C16H17FN4O4/c1-10-18-16(20-25-10)15(11-4-2-3-5-12(11)17)19-13(22)8-21-6-7-24-9-14(21)23/h2-5,15H,6-9H2,1H3,(H,19,22). The molecule has 9 heteroatoms. The van der Waals surface area contributed by atoms with Crippen LogP contribution in [-0.2, 0) is 14.3 Å². The molecule has 3 rings (SSSR count). The second-order valence-corrected chi connectivity index (χ2v) is 5.56. The minimum Gasteiger partial charge on any atom is -0.370 e. The molecule has 1 aliphatic rings. The molecular formula is C16H17FN4O4. The smallest absolute Gasteiger partial charge is 0.249 e. The predicted molar refractivity (Wildman–Crippen MR) is 82.8 cm³/mol. The Morgan fingerprint density at radius 2 is 2.24 bits per heavy atom. The molecule has 1 aliphatic heterocycles. The monoisotopic (exact) mass is 348 g/mol. The predicted octanol–water partition coefficient (Wildman–Crippen LogP) is 0.582. The third-order valence-electron chi connectivity index (χ3n) is 3.74. The zero-order chi connectivity index (χ0) is 17.8. The minimum absolute atomic E-state index is 0.0476. The van der Waals surface area contributed by atoms with Crippen LogP contribution in [0.25, 0.3) is 0 Å². The fraction of sp³-hybridized carbons (Fsp3) is 0.375. The maximum atomic E-state index is 14.2. The summed E-state index contributed by atoms with van der Waals surface area (Å²) in [4.78, 5) is 29.6. The van der Waals surface area contributed by atoms with Gasteiger partial charge in [0.05, 0.1) is 13.2 Å². The number of hydrogen-bond donors (Lipinski definition) is 1. The van der Waals surface area contributed by atoms with Crippen molar-refractivity contribution in [3.8, 4) is 0 Å². The van der Waals surface area contributed by atoms with Gasteiger partial charge >= 0.3 is 0 Å². The van der Waals surface area contributed by atoms with Crippen LogP contribution < -0.4 is 5.32 Å². The lowest BCUT2D eigenvalue weighted by Gasteiger charge is -2.27. The Morgan fingerprint density at radius 3 is 2.92 bits per heavy atom. The van der Waals surface area contributed by atoms with Crippen molar-refractivity contribution in [2.45, 2.75) is 13.0 Å². The number of morpholine rings is 1. The van der Waals surface area contributed by atoms with Crippen molar-refractivity contribution >= 4 is 11.8 Å². The Balaban J connectivity index is 1.79. The van der Waals surface area contributed by atoms with Crippen molar-refractivity contribution in [2.75, 3.05) is 26.3 Å². The van der Waals surface area contributed by atoms with Crippen LogP contribution in [0.4, 0.5) is 4.39 Å². The molecule has 1 atom stereocenters. The fourth-order valence-corrected chi connectivity index (χ4v) is 2.52. The van der Waals surface area contributed by atoms with Crippen molar-refractivity contribution in [2.24, 2.45) is 0 Å². The van der Waals surface area contributed by atoms with Gasteiger partial charge in [-0.3, -0.25) is 9.59 Å². The van der Waals surface area contributed by atoms with E-state index in [2.05, 4.69) is 15.5 Å². The number of hydrogen-bond acceptors (Lipinski definition) is 6. The van der Waals surface area contributed by atoms with Crippen LogP contribution in [0.5, 0.6) is 0 Å². The Labute approximate surface area is 142 Å². The molecular weight excluding hydrogens is 331 g/mol. The van der Waals surface area contributed by atoms with E-state index in [0.717, 1.165) is 0 Å². The number of aromatic nitrogens is 2. The van der Waals surface area contributed by atoms with Crippen molar-refractivity contribution < 1.29 is 23.2 Å². The van der Waals surface area contributed by atoms with Crippen LogP contribution >= 0.6 is 0 Å². The molecule has 0 radical (unpaired) electrons. The fourth-order valence-electron chi connectivity index (χ4n) is 2.52. The molecule has 0 saturated carbocycles. The van der Waals surface area contributed by atoms with Gasteiger partial charge in [0.25, 0.3) is 0 Å². The van der Waals surface area contributed by atoms with Crippen molar-refractivity contribution in [3.63, 3.8) is 0 Å². The van der Waals surface area contributed by atoms with E-state index in [4.69, 9.17) is 9.26 Å². The number of nitrogens with one attached hydrogen (secondary N) is 1. The maximum absolute atomic E-state index is 14.2. The summed E-state index contributed by atoms with van der Waals surface area (Å²) in [7, 11) is 0. The van der Waals surface area contributed by atoms with E-state index in [1.54, 1.807) is 19.1 Å². The summed E-state index contributed by atoms with van der Waals surface area (Å²) in [5.74, 6) is -0.777. The molecule has 1 N–H and O–H groups in total. The molecule has 25 heavy (non-hydrogen) atoms. The van der Waals surface area contributed by atoms with Crippen LogP contribution in [0.3, 0.4) is 0 Å². The molecule has 1 unspecified atom stereocenters. The second kappa shape index (κ2) is 7.39. The largest absolute Gasteiger partial charge is 0.370 e. The molecule has 0 spiro atoms. The normalized spacial score (nSPS) is 15.9. The van der Waals surface area contributed by atoms with Crippen LogP contribution in [0, 0.1) is 12.7 Å². The average molecular weight is 348 g/mol. The molecule has 0 aliphatic carbocycles. The zero-order valence-electron chi connectivity index (χ0n) is 13.6. The Bertz CT molecular complexity index is 779. The number of aryl methyl sites for hydroxylation is 1. The summed E-state index contributed by atoms with van der Waals surface area (Å²) >= 11 is 0. The van der Waals surface area contributed by atoms with Crippen molar-refractivity contribution in [1.29, 1.82) is 0 Å². The molecule has 1 aromatic carbocycles. The number of halogens is 1. The lowest BCUT2D eigenvalue weighted by atomic mass is 10.1. The number of amides is 2. The molecule has 2 amide bonds. The number of nitrogens with zero attached hydrogens (tertiary/aromatic N) is 3. The summed E-state index contributed by atoms with van der Waals surface area (Å²) in [5, 5.41) is 6.45. The van der Waals surface area contributed by atoms with Crippen molar-refractivity contribution in [3.05, 3.63) is 47.4 Å².